The minimum atomic E-state index is -1.92. The van der Waals surface area contributed by atoms with E-state index < -0.39 is 13.9 Å². The van der Waals surface area contributed by atoms with E-state index in [-0.39, 0.29) is 5.04 Å². The van der Waals surface area contributed by atoms with Gasteiger partial charge in [-0.3, -0.25) is 0 Å². The SMILES string of the molecule is CN(C)c1ccc(C(O)(c2ccccc2)c2ccc(O[Si](C)(C)C(C)(C)C)cc2)cc1. The van der Waals surface area contributed by atoms with E-state index in [1.165, 1.54) is 0 Å². The van der Waals surface area contributed by atoms with Crippen molar-refractivity contribution in [3.63, 3.8) is 0 Å². The summed E-state index contributed by atoms with van der Waals surface area (Å²) in [6, 6.07) is 25.9. The molecule has 0 saturated heterocycles. The van der Waals surface area contributed by atoms with Crippen LogP contribution in [0.3, 0.4) is 0 Å². The summed E-state index contributed by atoms with van der Waals surface area (Å²) in [5.74, 6) is 0.855. The number of aliphatic hydroxyl groups is 1. The van der Waals surface area contributed by atoms with Crippen molar-refractivity contribution in [3.8, 4) is 5.75 Å². The maximum atomic E-state index is 12.1. The average Bonchev–Trinajstić information content (AvgIpc) is 2.73. The largest absolute Gasteiger partial charge is 0.544 e. The lowest BCUT2D eigenvalue weighted by molar-refractivity contribution is 0.125. The summed E-state index contributed by atoms with van der Waals surface area (Å²) in [5.41, 5.74) is 2.34. The molecule has 3 nitrogen and oxygen atoms in total. The fourth-order valence-electron chi connectivity index (χ4n) is 3.39. The van der Waals surface area contributed by atoms with E-state index in [0.29, 0.717) is 0 Å². The van der Waals surface area contributed by atoms with Crippen LogP contribution in [0.25, 0.3) is 0 Å². The first-order valence-electron chi connectivity index (χ1n) is 10.8. The highest BCUT2D eigenvalue weighted by atomic mass is 28.4. The minimum Gasteiger partial charge on any atom is -0.544 e. The quantitative estimate of drug-likeness (QED) is 0.359. The second-order valence-corrected chi connectivity index (χ2v) is 14.6. The van der Waals surface area contributed by atoms with Gasteiger partial charge in [0, 0.05) is 19.8 Å². The lowest BCUT2D eigenvalue weighted by Crippen LogP contribution is -2.43. The molecule has 0 aromatic heterocycles. The molecule has 3 aromatic rings. The lowest BCUT2D eigenvalue weighted by atomic mass is 9.80. The van der Waals surface area contributed by atoms with Gasteiger partial charge in [-0.05, 0) is 59.1 Å². The molecule has 0 amide bonds. The highest BCUT2D eigenvalue weighted by Crippen LogP contribution is 2.40. The first-order chi connectivity index (χ1) is 14.4. The summed E-state index contributed by atoms with van der Waals surface area (Å²) in [7, 11) is 2.11. The van der Waals surface area contributed by atoms with E-state index in [9.17, 15) is 5.11 Å². The second kappa shape index (κ2) is 8.52. The molecule has 164 valence electrons. The zero-order valence-corrected chi connectivity index (χ0v) is 20.8. The van der Waals surface area contributed by atoms with Crippen LogP contribution in [0.2, 0.25) is 18.1 Å². The highest BCUT2D eigenvalue weighted by Gasteiger charge is 2.39. The van der Waals surface area contributed by atoms with Gasteiger partial charge in [0.05, 0.1) is 0 Å². The summed E-state index contributed by atoms with van der Waals surface area (Å²) in [5, 5.41) is 12.2. The number of benzene rings is 3. The average molecular weight is 434 g/mol. The van der Waals surface area contributed by atoms with E-state index in [2.05, 4.69) is 38.8 Å². The minimum absolute atomic E-state index is 0.130. The Bertz CT molecular complexity index is 990. The van der Waals surface area contributed by atoms with E-state index in [1.54, 1.807) is 0 Å². The molecular formula is C27H35NO2Si. The Hall–Kier alpha value is -2.56. The van der Waals surface area contributed by atoms with Gasteiger partial charge in [-0.15, -0.1) is 0 Å². The molecule has 0 spiro atoms. The van der Waals surface area contributed by atoms with Gasteiger partial charge in [0.25, 0.3) is 0 Å². The molecule has 0 saturated carbocycles. The molecule has 31 heavy (non-hydrogen) atoms. The van der Waals surface area contributed by atoms with E-state index in [0.717, 1.165) is 28.1 Å². The fourth-order valence-corrected chi connectivity index (χ4v) is 4.42. The summed E-state index contributed by atoms with van der Waals surface area (Å²) >= 11 is 0. The lowest BCUT2D eigenvalue weighted by Gasteiger charge is -2.36. The molecule has 1 unspecified atom stereocenters. The second-order valence-electron chi connectivity index (χ2n) is 9.90. The van der Waals surface area contributed by atoms with Crippen LogP contribution in [0.1, 0.15) is 37.5 Å². The van der Waals surface area contributed by atoms with Crippen LogP contribution in [0.5, 0.6) is 5.75 Å². The molecule has 0 aliphatic rings. The first kappa shape index (κ1) is 23.1. The molecule has 0 aliphatic heterocycles. The van der Waals surface area contributed by atoms with E-state index in [4.69, 9.17) is 4.43 Å². The number of rotatable bonds is 6. The third-order valence-electron chi connectivity index (χ3n) is 6.44. The van der Waals surface area contributed by atoms with Crippen LogP contribution < -0.4 is 9.33 Å². The van der Waals surface area contributed by atoms with Crippen LogP contribution in [0.4, 0.5) is 5.69 Å². The van der Waals surface area contributed by atoms with Gasteiger partial charge in [-0.1, -0.05) is 75.4 Å². The topological polar surface area (TPSA) is 32.7 Å². The Labute approximate surface area is 188 Å². The maximum absolute atomic E-state index is 12.1. The van der Waals surface area contributed by atoms with Gasteiger partial charge in [0.15, 0.2) is 0 Å². The van der Waals surface area contributed by atoms with Gasteiger partial charge in [0.2, 0.25) is 8.32 Å². The summed E-state index contributed by atoms with van der Waals surface area (Å²) < 4.78 is 6.44. The van der Waals surface area contributed by atoms with Crippen molar-refractivity contribution in [3.05, 3.63) is 95.6 Å². The summed E-state index contributed by atoms with van der Waals surface area (Å²) in [6.07, 6.45) is 0. The highest BCUT2D eigenvalue weighted by molar-refractivity contribution is 6.74. The Kier molecular flexibility index (Phi) is 6.35. The number of hydrogen-bond donors (Lipinski definition) is 1. The predicted octanol–water partition coefficient (Wildman–Crippen LogP) is 6.42. The fraction of sp³-hybridized carbons (Fsp3) is 0.333. The molecule has 0 aliphatic carbocycles. The van der Waals surface area contributed by atoms with Crippen molar-refractivity contribution in [2.24, 2.45) is 0 Å². The maximum Gasteiger partial charge on any atom is 0.250 e. The van der Waals surface area contributed by atoms with Crippen LogP contribution in [0.15, 0.2) is 78.9 Å². The molecule has 1 atom stereocenters. The van der Waals surface area contributed by atoms with E-state index >= 15 is 0 Å². The molecule has 3 rings (SSSR count). The molecule has 1 N–H and O–H groups in total. The Morgan fingerprint density at radius 2 is 1.16 bits per heavy atom. The molecule has 0 fully saturated rings. The Morgan fingerprint density at radius 3 is 1.61 bits per heavy atom. The Balaban J connectivity index is 2.03. The van der Waals surface area contributed by atoms with Crippen molar-refractivity contribution in [2.75, 3.05) is 19.0 Å². The van der Waals surface area contributed by atoms with Gasteiger partial charge in [-0.25, -0.2) is 0 Å². The van der Waals surface area contributed by atoms with Crippen LogP contribution in [0, 0.1) is 0 Å². The summed E-state index contributed by atoms with van der Waals surface area (Å²) in [4.78, 5) is 2.05. The normalized spacial score (nSPS) is 14.1. The number of hydrogen-bond acceptors (Lipinski definition) is 3. The molecule has 0 heterocycles. The first-order valence-corrected chi connectivity index (χ1v) is 13.7. The van der Waals surface area contributed by atoms with Crippen molar-refractivity contribution < 1.29 is 9.53 Å². The number of nitrogens with zero attached hydrogens (tertiary/aromatic N) is 1. The van der Waals surface area contributed by atoms with Crippen LogP contribution in [-0.2, 0) is 5.60 Å². The van der Waals surface area contributed by atoms with Gasteiger partial charge < -0.3 is 14.4 Å². The van der Waals surface area contributed by atoms with Crippen molar-refractivity contribution >= 4 is 14.0 Å². The molecule has 3 aromatic carbocycles. The molecular weight excluding hydrogens is 398 g/mol. The van der Waals surface area contributed by atoms with E-state index in [1.807, 2.05) is 93.0 Å². The van der Waals surface area contributed by atoms with Crippen LogP contribution in [-0.4, -0.2) is 27.5 Å². The number of anilines is 1. The van der Waals surface area contributed by atoms with Gasteiger partial charge in [-0.2, -0.15) is 0 Å². The zero-order chi connectivity index (χ0) is 22.9. The van der Waals surface area contributed by atoms with Gasteiger partial charge in [0.1, 0.15) is 11.4 Å². The van der Waals surface area contributed by atoms with Crippen molar-refractivity contribution in [1.29, 1.82) is 0 Å². The smallest absolute Gasteiger partial charge is 0.250 e. The van der Waals surface area contributed by atoms with Crippen molar-refractivity contribution in [2.45, 2.75) is 44.5 Å². The van der Waals surface area contributed by atoms with Gasteiger partial charge >= 0.3 is 0 Å². The van der Waals surface area contributed by atoms with Crippen molar-refractivity contribution in [1.82, 2.24) is 0 Å². The summed E-state index contributed by atoms with van der Waals surface area (Å²) in [6.45, 7) is 11.2. The molecule has 4 heteroatoms. The predicted molar refractivity (Wildman–Crippen MR) is 134 cm³/mol. The monoisotopic (exact) mass is 433 g/mol. The zero-order valence-electron chi connectivity index (χ0n) is 19.8. The Morgan fingerprint density at radius 1 is 0.710 bits per heavy atom. The standard InChI is InChI=1S/C27H35NO2Si/c1-26(2,3)31(6,7)30-25-19-15-23(16-20-25)27(29,21-11-9-8-10-12-21)22-13-17-24(18-14-22)28(4)5/h8-20,29H,1-7H3. The molecule has 0 radical (unpaired) electrons. The van der Waals surface area contributed by atoms with Crippen LogP contribution >= 0.6 is 0 Å². The third-order valence-corrected chi connectivity index (χ3v) is 10.8. The molecule has 0 bridgehead atoms. The third kappa shape index (κ3) is 4.70.